The van der Waals surface area contributed by atoms with Crippen molar-refractivity contribution in [3.05, 3.63) is 60.2 Å². The fraction of sp³-hybridized carbons (Fsp3) is 0.294. The Morgan fingerprint density at radius 2 is 1.53 bits per heavy atom. The largest absolute Gasteiger partial charge is 0.381 e. The van der Waals surface area contributed by atoms with Crippen LogP contribution in [0, 0.1) is 0 Å². The molecule has 0 amide bonds. The lowest BCUT2D eigenvalue weighted by Gasteiger charge is -2.21. The van der Waals surface area contributed by atoms with Crippen LogP contribution >= 0.6 is 0 Å². The molecular formula is C17H20N2. The molecule has 0 radical (unpaired) electrons. The van der Waals surface area contributed by atoms with Crippen molar-refractivity contribution in [3.8, 4) is 0 Å². The predicted molar refractivity (Wildman–Crippen MR) is 81.7 cm³/mol. The van der Waals surface area contributed by atoms with E-state index in [-0.39, 0.29) is 0 Å². The lowest BCUT2D eigenvalue weighted by molar-refractivity contribution is 0.949. The highest BCUT2D eigenvalue weighted by Crippen LogP contribution is 2.25. The van der Waals surface area contributed by atoms with Crippen molar-refractivity contribution in [2.75, 3.05) is 23.3 Å². The summed E-state index contributed by atoms with van der Waals surface area (Å²) < 4.78 is 0. The summed E-state index contributed by atoms with van der Waals surface area (Å²) in [4.78, 5) is 2.50. The fourth-order valence-electron chi connectivity index (χ4n) is 2.68. The van der Waals surface area contributed by atoms with E-state index >= 15 is 0 Å². The summed E-state index contributed by atoms with van der Waals surface area (Å²) in [5.41, 5.74) is 3.95. The van der Waals surface area contributed by atoms with E-state index in [4.69, 9.17) is 0 Å². The van der Waals surface area contributed by atoms with E-state index in [0.717, 1.165) is 6.54 Å². The minimum Gasteiger partial charge on any atom is -0.381 e. The molecular weight excluding hydrogens is 232 g/mol. The van der Waals surface area contributed by atoms with E-state index in [1.807, 2.05) is 6.07 Å². The second-order valence-corrected chi connectivity index (χ2v) is 5.04. The Morgan fingerprint density at radius 3 is 2.32 bits per heavy atom. The third-order valence-electron chi connectivity index (χ3n) is 3.70. The molecule has 2 aromatic rings. The van der Waals surface area contributed by atoms with Crippen LogP contribution in [-0.4, -0.2) is 13.1 Å². The third kappa shape index (κ3) is 2.90. The Labute approximate surface area is 115 Å². The zero-order valence-corrected chi connectivity index (χ0v) is 11.2. The predicted octanol–water partition coefficient (Wildman–Crippen LogP) is 3.90. The van der Waals surface area contributed by atoms with Crippen molar-refractivity contribution >= 4 is 11.4 Å². The van der Waals surface area contributed by atoms with Crippen molar-refractivity contribution < 1.29 is 0 Å². The average molecular weight is 252 g/mol. The van der Waals surface area contributed by atoms with Gasteiger partial charge in [0.15, 0.2) is 0 Å². The molecule has 0 atom stereocenters. The number of rotatable bonds is 4. The van der Waals surface area contributed by atoms with E-state index in [9.17, 15) is 0 Å². The summed E-state index contributed by atoms with van der Waals surface area (Å²) in [5, 5.41) is 3.50. The van der Waals surface area contributed by atoms with Crippen LogP contribution in [0.5, 0.6) is 0 Å². The zero-order chi connectivity index (χ0) is 12.9. The van der Waals surface area contributed by atoms with E-state index in [1.165, 1.54) is 42.9 Å². The molecule has 0 aromatic heterocycles. The second-order valence-electron chi connectivity index (χ2n) is 5.04. The fourth-order valence-corrected chi connectivity index (χ4v) is 2.68. The minimum absolute atomic E-state index is 0.886. The molecule has 0 bridgehead atoms. The quantitative estimate of drug-likeness (QED) is 0.887. The Bertz CT molecular complexity index is 516. The maximum Gasteiger partial charge on any atom is 0.0421 e. The number of nitrogens with zero attached hydrogens (tertiary/aromatic N) is 1. The molecule has 98 valence electrons. The van der Waals surface area contributed by atoms with E-state index in [2.05, 4.69) is 58.7 Å². The van der Waals surface area contributed by atoms with Crippen molar-refractivity contribution in [3.63, 3.8) is 0 Å². The summed E-state index contributed by atoms with van der Waals surface area (Å²) in [6.07, 6.45) is 2.64. The molecule has 0 unspecified atom stereocenters. The van der Waals surface area contributed by atoms with Gasteiger partial charge in [-0.25, -0.2) is 0 Å². The highest BCUT2D eigenvalue weighted by molar-refractivity contribution is 5.56. The summed E-state index contributed by atoms with van der Waals surface area (Å²) in [5.74, 6) is 0. The first kappa shape index (κ1) is 12.1. The third-order valence-corrected chi connectivity index (χ3v) is 3.70. The SMILES string of the molecule is c1ccc(NCc2ccccc2N2CCCC2)cc1. The van der Waals surface area contributed by atoms with Gasteiger partial charge in [-0.3, -0.25) is 0 Å². The number of benzene rings is 2. The number of nitrogens with one attached hydrogen (secondary N) is 1. The number of para-hydroxylation sites is 2. The van der Waals surface area contributed by atoms with Gasteiger partial charge in [0.2, 0.25) is 0 Å². The lowest BCUT2D eigenvalue weighted by atomic mass is 10.1. The van der Waals surface area contributed by atoms with Crippen LogP contribution in [0.1, 0.15) is 18.4 Å². The molecule has 0 spiro atoms. The van der Waals surface area contributed by atoms with Crippen molar-refractivity contribution in [2.24, 2.45) is 0 Å². The van der Waals surface area contributed by atoms with Crippen LogP contribution in [0.2, 0.25) is 0 Å². The van der Waals surface area contributed by atoms with Crippen LogP contribution in [0.4, 0.5) is 11.4 Å². The van der Waals surface area contributed by atoms with Gasteiger partial charge in [0, 0.05) is 31.0 Å². The number of anilines is 2. The molecule has 2 heteroatoms. The van der Waals surface area contributed by atoms with Gasteiger partial charge in [-0.15, -0.1) is 0 Å². The Kier molecular flexibility index (Phi) is 3.68. The summed E-state index contributed by atoms with van der Waals surface area (Å²) in [7, 11) is 0. The molecule has 19 heavy (non-hydrogen) atoms. The molecule has 2 nitrogen and oxygen atoms in total. The van der Waals surface area contributed by atoms with Gasteiger partial charge >= 0.3 is 0 Å². The average Bonchev–Trinajstić information content (AvgIpc) is 3.01. The van der Waals surface area contributed by atoms with Crippen molar-refractivity contribution in [1.82, 2.24) is 0 Å². The van der Waals surface area contributed by atoms with Crippen LogP contribution in [0.15, 0.2) is 54.6 Å². The molecule has 1 saturated heterocycles. The summed E-state index contributed by atoms with van der Waals surface area (Å²) >= 11 is 0. The van der Waals surface area contributed by atoms with E-state index in [1.54, 1.807) is 0 Å². The maximum absolute atomic E-state index is 3.50. The van der Waals surface area contributed by atoms with Crippen LogP contribution in [0.25, 0.3) is 0 Å². The smallest absolute Gasteiger partial charge is 0.0421 e. The minimum atomic E-state index is 0.886. The standard InChI is InChI=1S/C17H20N2/c1-2-9-16(10-3-1)18-14-15-8-4-5-11-17(15)19-12-6-7-13-19/h1-5,8-11,18H,6-7,12-14H2. The molecule has 1 aliphatic rings. The zero-order valence-electron chi connectivity index (χ0n) is 11.2. The number of hydrogen-bond donors (Lipinski definition) is 1. The summed E-state index contributed by atoms with van der Waals surface area (Å²) in [6, 6.07) is 19.1. The molecule has 0 saturated carbocycles. The Balaban J connectivity index is 1.73. The Morgan fingerprint density at radius 1 is 0.842 bits per heavy atom. The molecule has 1 N–H and O–H groups in total. The molecule has 3 rings (SSSR count). The van der Waals surface area contributed by atoms with Gasteiger partial charge in [0.05, 0.1) is 0 Å². The van der Waals surface area contributed by atoms with Gasteiger partial charge in [-0.1, -0.05) is 36.4 Å². The lowest BCUT2D eigenvalue weighted by Crippen LogP contribution is -2.19. The Hall–Kier alpha value is -1.96. The van der Waals surface area contributed by atoms with Crippen LogP contribution in [0.3, 0.4) is 0 Å². The molecule has 1 heterocycles. The van der Waals surface area contributed by atoms with Crippen LogP contribution < -0.4 is 10.2 Å². The molecule has 0 aliphatic carbocycles. The monoisotopic (exact) mass is 252 g/mol. The normalized spacial score (nSPS) is 14.6. The topological polar surface area (TPSA) is 15.3 Å². The molecule has 2 aromatic carbocycles. The number of hydrogen-bond acceptors (Lipinski definition) is 2. The van der Waals surface area contributed by atoms with Crippen molar-refractivity contribution in [2.45, 2.75) is 19.4 Å². The van der Waals surface area contributed by atoms with E-state index < -0.39 is 0 Å². The van der Waals surface area contributed by atoms with Crippen LogP contribution in [-0.2, 0) is 6.54 Å². The highest BCUT2D eigenvalue weighted by Gasteiger charge is 2.14. The second kappa shape index (κ2) is 5.79. The van der Waals surface area contributed by atoms with Gasteiger partial charge < -0.3 is 10.2 Å². The van der Waals surface area contributed by atoms with Gasteiger partial charge in [0.1, 0.15) is 0 Å². The van der Waals surface area contributed by atoms with Gasteiger partial charge in [0.25, 0.3) is 0 Å². The molecule has 1 aliphatic heterocycles. The van der Waals surface area contributed by atoms with Gasteiger partial charge in [-0.05, 0) is 36.6 Å². The maximum atomic E-state index is 3.50. The van der Waals surface area contributed by atoms with Crippen molar-refractivity contribution in [1.29, 1.82) is 0 Å². The summed E-state index contributed by atoms with van der Waals surface area (Å²) in [6.45, 7) is 3.28. The molecule has 1 fully saturated rings. The van der Waals surface area contributed by atoms with Gasteiger partial charge in [-0.2, -0.15) is 0 Å². The first-order valence-electron chi connectivity index (χ1n) is 7.05. The highest BCUT2D eigenvalue weighted by atomic mass is 15.1. The first-order valence-corrected chi connectivity index (χ1v) is 7.05. The first-order chi connectivity index (χ1) is 9.43. The van der Waals surface area contributed by atoms with E-state index in [0.29, 0.717) is 0 Å².